The average molecular weight is 448 g/mol. The highest BCUT2D eigenvalue weighted by Crippen LogP contribution is 2.38. The van der Waals surface area contributed by atoms with E-state index in [0.717, 1.165) is 31.9 Å². The molecule has 1 aromatic carbocycles. The summed E-state index contributed by atoms with van der Waals surface area (Å²) in [4.78, 5) is 26.8. The molecule has 1 saturated heterocycles. The van der Waals surface area contributed by atoms with E-state index in [0.29, 0.717) is 23.7 Å². The molecule has 0 aromatic heterocycles. The SMILES string of the molecule is CCCCCOc1ccc(NC(=O)N(S)C(=O)C2CCCN(C)C2)cc1C(F)(F)F. The Morgan fingerprint density at radius 2 is 2.07 bits per heavy atom. The topological polar surface area (TPSA) is 61.9 Å². The predicted octanol–water partition coefficient (Wildman–Crippen LogP) is 4.82. The highest BCUT2D eigenvalue weighted by Gasteiger charge is 2.35. The van der Waals surface area contributed by atoms with Crippen LogP contribution in [0.1, 0.15) is 44.6 Å². The number of benzene rings is 1. The molecule has 1 unspecified atom stereocenters. The van der Waals surface area contributed by atoms with Crippen LogP contribution in [0.2, 0.25) is 0 Å². The summed E-state index contributed by atoms with van der Waals surface area (Å²) in [6.07, 6.45) is -0.751. The summed E-state index contributed by atoms with van der Waals surface area (Å²) in [5.41, 5.74) is -1.08. The number of hydrogen-bond donors (Lipinski definition) is 2. The normalized spacial score (nSPS) is 17.5. The van der Waals surface area contributed by atoms with Crippen molar-refractivity contribution in [3.05, 3.63) is 23.8 Å². The number of urea groups is 1. The minimum absolute atomic E-state index is 0.0964. The second kappa shape index (κ2) is 10.9. The maximum absolute atomic E-state index is 13.4. The van der Waals surface area contributed by atoms with Gasteiger partial charge in [0.1, 0.15) is 5.75 Å². The lowest BCUT2D eigenvalue weighted by Crippen LogP contribution is -2.43. The number of nitrogens with one attached hydrogen (secondary N) is 1. The molecule has 0 radical (unpaired) electrons. The van der Waals surface area contributed by atoms with Crippen molar-refractivity contribution in [1.82, 2.24) is 9.21 Å². The molecular weight excluding hydrogens is 419 g/mol. The van der Waals surface area contributed by atoms with Gasteiger partial charge in [0.15, 0.2) is 0 Å². The van der Waals surface area contributed by atoms with Gasteiger partial charge in [0.2, 0.25) is 5.91 Å². The van der Waals surface area contributed by atoms with E-state index >= 15 is 0 Å². The van der Waals surface area contributed by atoms with Crippen molar-refractivity contribution < 1.29 is 27.5 Å². The van der Waals surface area contributed by atoms with Crippen LogP contribution in [-0.2, 0) is 11.0 Å². The first kappa shape index (κ1) is 24.3. The molecule has 168 valence electrons. The second-order valence-electron chi connectivity index (χ2n) is 7.45. The van der Waals surface area contributed by atoms with Crippen molar-refractivity contribution in [3.63, 3.8) is 0 Å². The van der Waals surface area contributed by atoms with E-state index in [1.54, 1.807) is 0 Å². The summed E-state index contributed by atoms with van der Waals surface area (Å²) in [6.45, 7) is 3.54. The molecule has 1 aliphatic heterocycles. The summed E-state index contributed by atoms with van der Waals surface area (Å²) in [5, 5.41) is 2.31. The number of imide groups is 1. The van der Waals surface area contributed by atoms with Gasteiger partial charge in [-0.1, -0.05) is 32.6 Å². The lowest BCUT2D eigenvalue weighted by molar-refractivity contribution is -0.139. The number of amides is 3. The zero-order valence-electron chi connectivity index (χ0n) is 17.2. The summed E-state index contributed by atoms with van der Waals surface area (Å²) in [6, 6.07) is 2.38. The van der Waals surface area contributed by atoms with Crippen molar-refractivity contribution >= 4 is 30.4 Å². The molecule has 0 aliphatic carbocycles. The van der Waals surface area contributed by atoms with Crippen LogP contribution in [0.4, 0.5) is 23.7 Å². The molecule has 6 nitrogen and oxygen atoms in total. The standard InChI is InChI=1S/C20H28F3N3O3S/c1-3-4-5-11-29-17-9-8-15(12-16(17)20(21,22)23)24-19(28)26(30)18(27)14-7-6-10-25(2)13-14/h8-9,12,14,30H,3-7,10-11,13H2,1-2H3,(H,24,28). The molecule has 3 amide bonds. The fraction of sp³-hybridized carbons (Fsp3) is 0.600. The van der Waals surface area contributed by atoms with Gasteiger partial charge in [-0.2, -0.15) is 13.2 Å². The van der Waals surface area contributed by atoms with Gasteiger partial charge in [0.05, 0.1) is 18.1 Å². The first-order valence-electron chi connectivity index (χ1n) is 10.00. The van der Waals surface area contributed by atoms with Gasteiger partial charge in [-0.3, -0.25) is 4.79 Å². The van der Waals surface area contributed by atoms with Crippen LogP contribution in [0, 0.1) is 5.92 Å². The minimum atomic E-state index is -4.65. The van der Waals surface area contributed by atoms with Crippen LogP contribution >= 0.6 is 12.8 Å². The smallest absolute Gasteiger partial charge is 0.420 e. The van der Waals surface area contributed by atoms with Crippen LogP contribution in [0.5, 0.6) is 5.75 Å². The summed E-state index contributed by atoms with van der Waals surface area (Å²) >= 11 is 3.97. The van der Waals surface area contributed by atoms with Crippen LogP contribution in [0.25, 0.3) is 0 Å². The third kappa shape index (κ3) is 6.80. The molecule has 1 heterocycles. The zero-order chi connectivity index (χ0) is 22.3. The highest BCUT2D eigenvalue weighted by molar-refractivity contribution is 7.79. The molecular formula is C20H28F3N3O3S. The number of piperidine rings is 1. The summed E-state index contributed by atoms with van der Waals surface area (Å²) in [5.74, 6) is -1.15. The Bertz CT molecular complexity index is 746. The van der Waals surface area contributed by atoms with E-state index in [2.05, 4.69) is 18.1 Å². The van der Waals surface area contributed by atoms with E-state index in [4.69, 9.17) is 4.74 Å². The third-order valence-corrected chi connectivity index (χ3v) is 5.30. The fourth-order valence-electron chi connectivity index (χ4n) is 3.31. The molecule has 0 bridgehead atoms. The number of carbonyl (C=O) groups excluding carboxylic acids is 2. The number of halogens is 3. The van der Waals surface area contributed by atoms with Crippen molar-refractivity contribution in [3.8, 4) is 5.75 Å². The van der Waals surface area contributed by atoms with Gasteiger partial charge in [0, 0.05) is 12.2 Å². The maximum Gasteiger partial charge on any atom is 0.420 e. The van der Waals surface area contributed by atoms with Crippen LogP contribution < -0.4 is 10.1 Å². The fourth-order valence-corrected chi connectivity index (χ4v) is 3.52. The first-order chi connectivity index (χ1) is 14.1. The third-order valence-electron chi connectivity index (χ3n) is 4.92. The Kier molecular flexibility index (Phi) is 8.84. The summed E-state index contributed by atoms with van der Waals surface area (Å²) in [7, 11) is 1.88. The van der Waals surface area contributed by atoms with E-state index in [1.165, 1.54) is 12.1 Å². The van der Waals surface area contributed by atoms with Gasteiger partial charge in [-0.15, -0.1) is 0 Å². The number of alkyl halides is 3. The molecule has 30 heavy (non-hydrogen) atoms. The number of hydrogen-bond acceptors (Lipinski definition) is 5. The van der Waals surface area contributed by atoms with Gasteiger partial charge in [0.25, 0.3) is 0 Å². The van der Waals surface area contributed by atoms with Gasteiger partial charge < -0.3 is 15.0 Å². The van der Waals surface area contributed by atoms with Gasteiger partial charge in [-0.05, 0) is 51.1 Å². The van der Waals surface area contributed by atoms with Crippen LogP contribution in [0.15, 0.2) is 18.2 Å². The van der Waals surface area contributed by atoms with E-state index in [1.807, 2.05) is 18.9 Å². The van der Waals surface area contributed by atoms with Crippen molar-refractivity contribution in [2.24, 2.45) is 5.92 Å². The molecule has 2 rings (SSSR count). The zero-order valence-corrected chi connectivity index (χ0v) is 18.1. The van der Waals surface area contributed by atoms with E-state index in [-0.39, 0.29) is 24.0 Å². The van der Waals surface area contributed by atoms with Gasteiger partial charge >= 0.3 is 12.2 Å². The average Bonchev–Trinajstić information content (AvgIpc) is 2.70. The maximum atomic E-state index is 13.4. The molecule has 10 heteroatoms. The summed E-state index contributed by atoms with van der Waals surface area (Å²) < 4.78 is 46.2. The Hall–Kier alpha value is -1.94. The van der Waals surface area contributed by atoms with Crippen molar-refractivity contribution in [1.29, 1.82) is 0 Å². The number of nitrogens with zero attached hydrogens (tertiary/aromatic N) is 2. The molecule has 0 spiro atoms. The van der Waals surface area contributed by atoms with E-state index in [9.17, 15) is 22.8 Å². The van der Waals surface area contributed by atoms with Gasteiger partial charge in [-0.25, -0.2) is 9.10 Å². The number of unbranched alkanes of at least 4 members (excludes halogenated alkanes) is 2. The van der Waals surface area contributed by atoms with Crippen LogP contribution in [-0.4, -0.2) is 47.9 Å². The monoisotopic (exact) mass is 447 g/mol. The van der Waals surface area contributed by atoms with Crippen molar-refractivity contribution in [2.75, 3.05) is 32.1 Å². The molecule has 1 aliphatic rings. The largest absolute Gasteiger partial charge is 0.493 e. The minimum Gasteiger partial charge on any atom is -0.493 e. The molecule has 1 fully saturated rings. The Morgan fingerprint density at radius 3 is 2.70 bits per heavy atom. The number of likely N-dealkylation sites (tertiary alicyclic amines) is 1. The van der Waals surface area contributed by atoms with E-state index < -0.39 is 23.7 Å². The second-order valence-corrected chi connectivity index (χ2v) is 7.85. The molecule has 1 aromatic rings. The quantitative estimate of drug-likeness (QED) is 0.465. The highest BCUT2D eigenvalue weighted by atomic mass is 32.1. The van der Waals surface area contributed by atoms with Crippen LogP contribution in [0.3, 0.4) is 0 Å². The Morgan fingerprint density at radius 1 is 1.33 bits per heavy atom. The number of thiol groups is 1. The number of anilines is 1. The molecule has 0 saturated carbocycles. The molecule has 1 N–H and O–H groups in total. The number of carbonyl (C=O) groups is 2. The lowest BCUT2D eigenvalue weighted by atomic mass is 9.98. The lowest BCUT2D eigenvalue weighted by Gasteiger charge is -2.30. The number of ether oxygens (including phenoxy) is 1. The Labute approximate surface area is 180 Å². The predicted molar refractivity (Wildman–Crippen MR) is 112 cm³/mol. The van der Waals surface area contributed by atoms with Crippen molar-refractivity contribution in [2.45, 2.75) is 45.2 Å². The first-order valence-corrected chi connectivity index (χ1v) is 10.4. The Balaban J connectivity index is 2.07. The molecule has 1 atom stereocenters. The number of rotatable bonds is 7.